The number of hydrogen-bond donors (Lipinski definition) is 2. The summed E-state index contributed by atoms with van der Waals surface area (Å²) in [5.41, 5.74) is -0.729. The quantitative estimate of drug-likeness (QED) is 0.665. The van der Waals surface area contributed by atoms with Gasteiger partial charge in [0.25, 0.3) is 11.5 Å². The molecule has 2 aliphatic heterocycles. The second-order valence-electron chi connectivity index (χ2n) is 7.79. The number of methoxy groups -OCH3 is 1. The van der Waals surface area contributed by atoms with Crippen molar-refractivity contribution in [1.82, 2.24) is 19.9 Å². The number of nitrogens with one attached hydrogen (secondary N) is 2. The smallest absolute Gasteiger partial charge is 0.328 e. The zero-order chi connectivity index (χ0) is 22.2. The second-order valence-corrected chi connectivity index (χ2v) is 7.79. The number of ether oxygens (including phenoxy) is 4. The number of aromatic nitrogens is 3. The standard InChI is InChI=1S/C20H24N4O7/c1-20(2)30-15-12(24-8-6-14(25)23-19(24)27)10-29-13(16(15)31-20)9-22-17(26)11-5-4-7-21-18(11)28-3/h4-8,12-13,15-16H,9-10H2,1-3H3,(H,22,26)(H,23,25,27)/t12-,13-,15+,16-/m1/s1. The predicted molar refractivity (Wildman–Crippen MR) is 107 cm³/mol. The number of carbonyl (C=O) groups is 1. The molecule has 4 rings (SSSR count). The number of pyridine rings is 1. The van der Waals surface area contributed by atoms with E-state index >= 15 is 0 Å². The molecule has 4 heterocycles. The Morgan fingerprint density at radius 2 is 2.10 bits per heavy atom. The molecule has 2 aromatic rings. The minimum atomic E-state index is -0.901. The Balaban J connectivity index is 1.51. The molecule has 0 spiro atoms. The highest BCUT2D eigenvalue weighted by Crippen LogP contribution is 2.39. The number of nitrogens with zero attached hydrogens (tertiary/aromatic N) is 2. The molecule has 0 radical (unpaired) electrons. The first kappa shape index (κ1) is 21.2. The van der Waals surface area contributed by atoms with Gasteiger partial charge in [-0.15, -0.1) is 0 Å². The van der Waals surface area contributed by atoms with Crippen LogP contribution in [0.4, 0.5) is 0 Å². The van der Waals surface area contributed by atoms with E-state index in [1.807, 2.05) is 0 Å². The molecule has 0 saturated carbocycles. The zero-order valence-corrected chi connectivity index (χ0v) is 17.4. The van der Waals surface area contributed by atoms with Gasteiger partial charge in [0.1, 0.15) is 23.9 Å². The van der Waals surface area contributed by atoms with Crippen LogP contribution in [-0.4, -0.2) is 64.8 Å². The van der Waals surface area contributed by atoms with Crippen LogP contribution in [0.5, 0.6) is 5.88 Å². The Labute approximate surface area is 177 Å². The average Bonchev–Trinajstić information content (AvgIpc) is 3.07. The Hall–Kier alpha value is -3.02. The van der Waals surface area contributed by atoms with Crippen LogP contribution in [0.3, 0.4) is 0 Å². The maximum atomic E-state index is 12.6. The highest BCUT2D eigenvalue weighted by atomic mass is 16.8. The number of hydrogen-bond acceptors (Lipinski definition) is 8. The molecule has 2 aromatic heterocycles. The van der Waals surface area contributed by atoms with Gasteiger partial charge in [0.15, 0.2) is 5.79 Å². The van der Waals surface area contributed by atoms with Gasteiger partial charge in [-0.2, -0.15) is 0 Å². The molecule has 0 aliphatic carbocycles. The summed E-state index contributed by atoms with van der Waals surface area (Å²) >= 11 is 0. The summed E-state index contributed by atoms with van der Waals surface area (Å²) in [6.07, 6.45) is 1.39. The molecular formula is C20H24N4O7. The fraction of sp³-hybridized carbons (Fsp3) is 0.500. The van der Waals surface area contributed by atoms with Gasteiger partial charge in [0.2, 0.25) is 5.88 Å². The molecule has 2 aliphatic rings. The molecule has 11 heteroatoms. The highest BCUT2D eigenvalue weighted by Gasteiger charge is 2.52. The Morgan fingerprint density at radius 3 is 2.84 bits per heavy atom. The van der Waals surface area contributed by atoms with Crippen LogP contribution >= 0.6 is 0 Å². The SMILES string of the molecule is COc1ncccc1C(=O)NC[C@H]1OC[C@@H](n2ccc(=O)[nH]c2=O)[C@@H]2OC(C)(C)O[C@@H]21. The highest BCUT2D eigenvalue weighted by molar-refractivity contribution is 5.96. The fourth-order valence-corrected chi connectivity index (χ4v) is 3.93. The summed E-state index contributed by atoms with van der Waals surface area (Å²) in [6.45, 7) is 3.84. The van der Waals surface area contributed by atoms with Crippen LogP contribution in [0.2, 0.25) is 0 Å². The monoisotopic (exact) mass is 432 g/mol. The maximum absolute atomic E-state index is 12.6. The Bertz CT molecular complexity index is 1080. The summed E-state index contributed by atoms with van der Waals surface area (Å²) in [6, 6.07) is 4.03. The normalized spacial score (nSPS) is 26.8. The second kappa shape index (κ2) is 8.25. The van der Waals surface area contributed by atoms with Gasteiger partial charge in [-0.1, -0.05) is 0 Å². The summed E-state index contributed by atoms with van der Waals surface area (Å²) in [5.74, 6) is -1.04. The van der Waals surface area contributed by atoms with Crippen LogP contribution in [0.1, 0.15) is 30.2 Å². The largest absolute Gasteiger partial charge is 0.480 e. The number of aromatic amines is 1. The van der Waals surface area contributed by atoms with Crippen LogP contribution in [0.15, 0.2) is 40.2 Å². The lowest BCUT2D eigenvalue weighted by molar-refractivity contribution is -0.153. The summed E-state index contributed by atoms with van der Waals surface area (Å²) in [7, 11) is 1.44. The van der Waals surface area contributed by atoms with E-state index in [1.165, 1.54) is 30.1 Å². The van der Waals surface area contributed by atoms with E-state index in [1.54, 1.807) is 26.0 Å². The van der Waals surface area contributed by atoms with Gasteiger partial charge < -0.3 is 24.3 Å². The molecule has 2 fully saturated rings. The predicted octanol–water partition coefficient (Wildman–Crippen LogP) is -0.170. The van der Waals surface area contributed by atoms with Crippen molar-refractivity contribution < 1.29 is 23.7 Å². The molecule has 31 heavy (non-hydrogen) atoms. The lowest BCUT2D eigenvalue weighted by Gasteiger charge is -2.37. The van der Waals surface area contributed by atoms with E-state index in [0.717, 1.165) is 0 Å². The van der Waals surface area contributed by atoms with Gasteiger partial charge >= 0.3 is 5.69 Å². The van der Waals surface area contributed by atoms with Crippen LogP contribution < -0.4 is 21.3 Å². The topological polar surface area (TPSA) is 134 Å². The van der Waals surface area contributed by atoms with Gasteiger partial charge in [0.05, 0.1) is 19.8 Å². The van der Waals surface area contributed by atoms with E-state index in [9.17, 15) is 14.4 Å². The van der Waals surface area contributed by atoms with E-state index in [4.69, 9.17) is 18.9 Å². The molecule has 2 N–H and O–H groups in total. The van der Waals surface area contributed by atoms with Crippen molar-refractivity contribution in [3.63, 3.8) is 0 Å². The fourth-order valence-electron chi connectivity index (χ4n) is 3.93. The van der Waals surface area contributed by atoms with Crippen molar-refractivity contribution in [2.75, 3.05) is 20.3 Å². The molecule has 0 aromatic carbocycles. The third-order valence-electron chi connectivity index (χ3n) is 5.27. The summed E-state index contributed by atoms with van der Waals surface area (Å²) in [5, 5.41) is 2.82. The zero-order valence-electron chi connectivity index (χ0n) is 17.4. The first-order valence-electron chi connectivity index (χ1n) is 9.85. The number of fused-ring (bicyclic) bond motifs is 1. The van der Waals surface area contributed by atoms with Crippen LogP contribution in [0.25, 0.3) is 0 Å². The molecule has 166 valence electrons. The minimum Gasteiger partial charge on any atom is -0.480 e. The van der Waals surface area contributed by atoms with Gasteiger partial charge in [-0.25, -0.2) is 9.78 Å². The number of amides is 1. The molecule has 2 saturated heterocycles. The molecule has 1 amide bonds. The average molecular weight is 432 g/mol. The van der Waals surface area contributed by atoms with Crippen molar-refractivity contribution in [2.45, 2.75) is 44.0 Å². The van der Waals surface area contributed by atoms with E-state index in [0.29, 0.717) is 5.56 Å². The van der Waals surface area contributed by atoms with Gasteiger partial charge in [-0.05, 0) is 26.0 Å². The molecule has 4 atom stereocenters. The van der Waals surface area contributed by atoms with E-state index in [-0.39, 0.29) is 24.9 Å². The minimum absolute atomic E-state index is 0.142. The van der Waals surface area contributed by atoms with E-state index in [2.05, 4.69) is 15.3 Å². The number of rotatable bonds is 5. The molecule has 11 nitrogen and oxygen atoms in total. The van der Waals surface area contributed by atoms with Crippen molar-refractivity contribution in [3.8, 4) is 5.88 Å². The van der Waals surface area contributed by atoms with E-state index < -0.39 is 41.4 Å². The molecule has 0 bridgehead atoms. The van der Waals surface area contributed by atoms with Crippen LogP contribution in [-0.2, 0) is 14.2 Å². The first-order valence-corrected chi connectivity index (χ1v) is 9.85. The Kier molecular flexibility index (Phi) is 5.65. The maximum Gasteiger partial charge on any atom is 0.328 e. The molecular weight excluding hydrogens is 408 g/mol. The van der Waals surface area contributed by atoms with Crippen molar-refractivity contribution >= 4 is 5.91 Å². The van der Waals surface area contributed by atoms with Crippen LogP contribution in [0, 0.1) is 0 Å². The lowest BCUT2D eigenvalue weighted by atomic mass is 9.97. The number of H-pyrrole nitrogens is 1. The van der Waals surface area contributed by atoms with Crippen molar-refractivity contribution in [1.29, 1.82) is 0 Å². The van der Waals surface area contributed by atoms with Gasteiger partial charge in [0, 0.05) is 25.0 Å². The lowest BCUT2D eigenvalue weighted by Crippen LogP contribution is -2.54. The third kappa shape index (κ3) is 4.24. The third-order valence-corrected chi connectivity index (χ3v) is 5.27. The van der Waals surface area contributed by atoms with Gasteiger partial charge in [-0.3, -0.25) is 19.1 Å². The summed E-state index contributed by atoms with van der Waals surface area (Å²) in [4.78, 5) is 42.6. The van der Waals surface area contributed by atoms with Crippen molar-refractivity contribution in [2.24, 2.45) is 0 Å². The van der Waals surface area contributed by atoms with Crippen molar-refractivity contribution in [3.05, 3.63) is 57.0 Å². The molecule has 0 unspecified atom stereocenters. The number of carbonyl (C=O) groups excluding carboxylic acids is 1. The Morgan fingerprint density at radius 1 is 1.32 bits per heavy atom. The summed E-state index contributed by atoms with van der Waals surface area (Å²) < 4.78 is 24.6. The first-order chi connectivity index (χ1) is 14.8.